The molecule has 2 heterocycles. The van der Waals surface area contributed by atoms with Gasteiger partial charge in [0.1, 0.15) is 5.75 Å². The number of non-ortho nitro benzene ring substituents is 1. The average molecular weight is 545 g/mol. The van der Waals surface area contributed by atoms with Crippen LogP contribution in [0.25, 0.3) is 10.9 Å². The molecule has 4 aromatic rings. The quantitative estimate of drug-likeness (QED) is 0.139. The van der Waals surface area contributed by atoms with Gasteiger partial charge in [0.15, 0.2) is 0 Å². The summed E-state index contributed by atoms with van der Waals surface area (Å²) in [6, 6.07) is 8.05. The summed E-state index contributed by atoms with van der Waals surface area (Å²) in [5.74, 6) is -0.00652. The summed E-state index contributed by atoms with van der Waals surface area (Å²) in [5.41, 5.74) is 2.48. The third-order valence-electron chi connectivity index (χ3n) is 5.44. The molecule has 0 radical (unpaired) electrons. The first-order valence-corrected chi connectivity index (χ1v) is 12.1. The number of carbonyl (C=O) groups is 1. The molecule has 11 heteroatoms. The number of aromatic nitrogens is 3. The summed E-state index contributed by atoms with van der Waals surface area (Å²) in [6.07, 6.45) is 5.07. The third kappa shape index (κ3) is 4.53. The van der Waals surface area contributed by atoms with Crippen LogP contribution < -0.4 is 0 Å². The van der Waals surface area contributed by atoms with Crippen molar-refractivity contribution in [3.8, 4) is 5.75 Å². The molecular formula is C23H21BrN4O5S. The summed E-state index contributed by atoms with van der Waals surface area (Å²) >= 11 is 4.89. The summed E-state index contributed by atoms with van der Waals surface area (Å²) in [6.45, 7) is 2.27. The Kier molecular flexibility index (Phi) is 6.94. The maximum atomic E-state index is 13.1. The number of phenols is 1. The second kappa shape index (κ2) is 9.90. The highest BCUT2D eigenvalue weighted by atomic mass is 79.9. The maximum Gasteiger partial charge on any atom is 0.340 e. The molecular weight excluding hydrogens is 524 g/mol. The van der Waals surface area contributed by atoms with Gasteiger partial charge in [0.25, 0.3) is 5.69 Å². The molecule has 0 amide bonds. The van der Waals surface area contributed by atoms with Crippen LogP contribution in [0.15, 0.2) is 58.4 Å². The number of rotatable bonds is 8. The second-order valence-corrected chi connectivity index (χ2v) is 9.36. The number of thioether (sulfide) groups is 1. The van der Waals surface area contributed by atoms with Crippen molar-refractivity contribution in [1.82, 2.24) is 14.1 Å². The fourth-order valence-electron chi connectivity index (χ4n) is 3.80. The Hall–Kier alpha value is -3.31. The minimum atomic E-state index is -0.471. The lowest BCUT2D eigenvalue weighted by atomic mass is 10.0. The van der Waals surface area contributed by atoms with Gasteiger partial charge in [0, 0.05) is 58.9 Å². The number of benzene rings is 2. The van der Waals surface area contributed by atoms with E-state index in [4.69, 9.17) is 4.74 Å². The zero-order valence-electron chi connectivity index (χ0n) is 18.4. The Balaban J connectivity index is 1.83. The molecule has 0 unspecified atom stereocenters. The molecule has 9 nitrogen and oxygen atoms in total. The largest absolute Gasteiger partial charge is 0.506 e. The minimum absolute atomic E-state index is 0.0191. The first kappa shape index (κ1) is 23.8. The number of carbonyl (C=O) groups excluding carboxylic acids is 1. The van der Waals surface area contributed by atoms with Crippen LogP contribution in [0.2, 0.25) is 0 Å². The highest BCUT2D eigenvalue weighted by molar-refractivity contribution is 9.10. The Labute approximate surface area is 207 Å². The van der Waals surface area contributed by atoms with Gasteiger partial charge < -0.3 is 19.0 Å². The fourth-order valence-corrected chi connectivity index (χ4v) is 5.23. The normalized spacial score (nSPS) is 11.1. The third-order valence-corrected chi connectivity index (χ3v) is 7.07. The lowest BCUT2D eigenvalue weighted by Gasteiger charge is -2.11. The molecule has 1 N–H and O–H groups in total. The standard InChI is InChI=1S/C23H21BrN4O5S/c1-3-33-23(30)21-19(12-34-15-6-4-14(5-7-15)28(31)32)26(2)18-10-17(24)22(29)16(20(18)21)11-27-9-8-25-13-27/h4-10,13,29H,3,11-12H2,1-2H3. The number of hydrogen-bond acceptors (Lipinski definition) is 7. The van der Waals surface area contributed by atoms with Crippen molar-refractivity contribution in [3.05, 3.63) is 80.5 Å². The molecule has 4 rings (SSSR count). The first-order valence-electron chi connectivity index (χ1n) is 10.3. The lowest BCUT2D eigenvalue weighted by Crippen LogP contribution is -2.09. The van der Waals surface area contributed by atoms with Gasteiger partial charge in [-0.2, -0.15) is 0 Å². The summed E-state index contributed by atoms with van der Waals surface area (Å²) in [7, 11) is 1.86. The number of phenolic OH excluding ortho intramolecular Hbond substituents is 1. The Morgan fingerprint density at radius 3 is 2.68 bits per heavy atom. The van der Waals surface area contributed by atoms with Gasteiger partial charge in [0.2, 0.25) is 0 Å². The van der Waals surface area contributed by atoms with Crippen molar-refractivity contribution < 1.29 is 19.6 Å². The van der Waals surface area contributed by atoms with Gasteiger partial charge in [-0.25, -0.2) is 9.78 Å². The number of nitro benzene ring substituents is 1. The predicted octanol–water partition coefficient (Wildman–Crippen LogP) is 5.27. The van der Waals surface area contributed by atoms with Gasteiger partial charge in [-0.15, -0.1) is 11.8 Å². The van der Waals surface area contributed by atoms with E-state index >= 15 is 0 Å². The van der Waals surface area contributed by atoms with Crippen LogP contribution in [0.3, 0.4) is 0 Å². The van der Waals surface area contributed by atoms with Crippen LogP contribution in [0.1, 0.15) is 28.5 Å². The zero-order valence-corrected chi connectivity index (χ0v) is 20.8. The molecule has 0 fully saturated rings. The van der Waals surface area contributed by atoms with E-state index in [1.165, 1.54) is 23.9 Å². The summed E-state index contributed by atoms with van der Waals surface area (Å²) < 4.78 is 9.64. The summed E-state index contributed by atoms with van der Waals surface area (Å²) in [4.78, 5) is 28.5. The lowest BCUT2D eigenvalue weighted by molar-refractivity contribution is -0.384. The van der Waals surface area contributed by atoms with Crippen LogP contribution in [0.4, 0.5) is 5.69 Å². The van der Waals surface area contributed by atoms with Gasteiger partial charge in [-0.3, -0.25) is 10.1 Å². The molecule has 0 spiro atoms. The van der Waals surface area contributed by atoms with Crippen molar-refractivity contribution >= 4 is 50.3 Å². The van der Waals surface area contributed by atoms with Crippen LogP contribution in [-0.2, 0) is 24.1 Å². The molecule has 2 aromatic heterocycles. The van der Waals surface area contributed by atoms with Crippen molar-refractivity contribution in [2.75, 3.05) is 6.61 Å². The van der Waals surface area contributed by atoms with Crippen LogP contribution >= 0.6 is 27.7 Å². The smallest absolute Gasteiger partial charge is 0.340 e. The van der Waals surface area contributed by atoms with Gasteiger partial charge >= 0.3 is 5.97 Å². The molecule has 0 saturated carbocycles. The molecule has 34 heavy (non-hydrogen) atoms. The van der Waals surface area contributed by atoms with Crippen molar-refractivity contribution in [1.29, 1.82) is 0 Å². The van der Waals surface area contributed by atoms with E-state index in [2.05, 4.69) is 20.9 Å². The summed E-state index contributed by atoms with van der Waals surface area (Å²) in [5, 5.41) is 22.5. The number of fused-ring (bicyclic) bond motifs is 1. The van der Waals surface area contributed by atoms with E-state index in [1.807, 2.05) is 16.2 Å². The molecule has 0 atom stereocenters. The molecule has 2 aromatic carbocycles. The van der Waals surface area contributed by atoms with Gasteiger partial charge in [-0.1, -0.05) is 0 Å². The van der Waals surface area contributed by atoms with Crippen LogP contribution in [-0.4, -0.2) is 36.7 Å². The molecule has 0 aliphatic rings. The average Bonchev–Trinajstić information content (AvgIpc) is 3.42. The number of imidazole rings is 1. The number of nitro groups is 1. The second-order valence-electron chi connectivity index (χ2n) is 7.46. The number of ether oxygens (including phenoxy) is 1. The van der Waals surface area contributed by atoms with Crippen molar-refractivity contribution in [2.24, 2.45) is 7.05 Å². The first-order chi connectivity index (χ1) is 16.3. The highest BCUT2D eigenvalue weighted by Gasteiger charge is 2.27. The van der Waals surface area contributed by atoms with E-state index in [0.29, 0.717) is 33.3 Å². The predicted molar refractivity (Wildman–Crippen MR) is 132 cm³/mol. The Morgan fingerprint density at radius 1 is 1.32 bits per heavy atom. The highest BCUT2D eigenvalue weighted by Crippen LogP contribution is 2.41. The van der Waals surface area contributed by atoms with Crippen molar-refractivity contribution in [2.45, 2.75) is 24.1 Å². The van der Waals surface area contributed by atoms with E-state index in [9.17, 15) is 20.0 Å². The molecule has 0 aliphatic heterocycles. The van der Waals surface area contributed by atoms with Crippen molar-refractivity contribution in [3.63, 3.8) is 0 Å². The van der Waals surface area contributed by atoms with Gasteiger partial charge in [0.05, 0.1) is 40.0 Å². The molecule has 0 bridgehead atoms. The SMILES string of the molecule is CCOC(=O)c1c(CSc2ccc([N+](=O)[O-])cc2)n(C)c2cc(Br)c(O)c(Cn3ccnc3)c12. The molecule has 0 saturated heterocycles. The molecule has 176 valence electrons. The minimum Gasteiger partial charge on any atom is -0.506 e. The number of esters is 1. The number of hydrogen-bond donors (Lipinski definition) is 1. The van der Waals surface area contributed by atoms with E-state index in [0.717, 1.165) is 16.1 Å². The Bertz CT molecular complexity index is 1370. The number of nitrogens with zero attached hydrogens (tertiary/aromatic N) is 4. The van der Waals surface area contributed by atoms with Crippen LogP contribution in [0, 0.1) is 10.1 Å². The zero-order chi connectivity index (χ0) is 24.4. The van der Waals surface area contributed by atoms with E-state index in [-0.39, 0.29) is 18.0 Å². The topological polar surface area (TPSA) is 112 Å². The fraction of sp³-hybridized carbons (Fsp3) is 0.217. The number of aromatic hydroxyl groups is 1. The molecule has 0 aliphatic carbocycles. The monoisotopic (exact) mass is 544 g/mol. The Morgan fingerprint density at radius 2 is 2.06 bits per heavy atom. The van der Waals surface area contributed by atoms with Gasteiger partial charge in [-0.05, 0) is 41.1 Å². The van der Waals surface area contributed by atoms with Crippen LogP contribution in [0.5, 0.6) is 5.75 Å². The van der Waals surface area contributed by atoms with E-state index < -0.39 is 10.9 Å². The number of aryl methyl sites for hydroxylation is 1. The maximum absolute atomic E-state index is 13.1. The number of halogens is 1. The van der Waals surface area contributed by atoms with E-state index in [1.54, 1.807) is 43.8 Å².